The van der Waals surface area contributed by atoms with Crippen LogP contribution < -0.4 is 10.1 Å². The maximum atomic E-state index is 5.06. The number of aromatic nitrogens is 1. The number of methoxy groups -OCH3 is 1. The minimum atomic E-state index is 0.649. The fraction of sp³-hybridized carbons (Fsp3) is 0.667. The van der Waals surface area contributed by atoms with E-state index in [2.05, 4.69) is 30.2 Å². The van der Waals surface area contributed by atoms with Crippen molar-refractivity contribution in [3.63, 3.8) is 0 Å². The van der Waals surface area contributed by atoms with E-state index in [-0.39, 0.29) is 0 Å². The van der Waals surface area contributed by atoms with Crippen LogP contribution in [0.2, 0.25) is 0 Å². The molecular weight excluding hydrogens is 224 g/mol. The van der Waals surface area contributed by atoms with Gasteiger partial charge in [-0.25, -0.2) is 4.98 Å². The van der Waals surface area contributed by atoms with Crippen molar-refractivity contribution >= 4 is 0 Å². The van der Waals surface area contributed by atoms with Crippen molar-refractivity contribution in [3.05, 3.63) is 23.9 Å². The van der Waals surface area contributed by atoms with Gasteiger partial charge in [0.1, 0.15) is 0 Å². The van der Waals surface area contributed by atoms with Gasteiger partial charge in [-0.15, -0.1) is 0 Å². The van der Waals surface area contributed by atoms with Gasteiger partial charge in [0, 0.05) is 24.8 Å². The summed E-state index contributed by atoms with van der Waals surface area (Å²) in [6.07, 6.45) is 5.91. The normalized spacial score (nSPS) is 28.1. The predicted molar refractivity (Wildman–Crippen MR) is 73.6 cm³/mol. The van der Waals surface area contributed by atoms with E-state index in [0.717, 1.165) is 18.4 Å². The lowest BCUT2D eigenvalue weighted by Crippen LogP contribution is -2.39. The minimum absolute atomic E-state index is 0.649. The van der Waals surface area contributed by atoms with E-state index in [0.29, 0.717) is 11.9 Å². The lowest BCUT2D eigenvalue weighted by molar-refractivity contribution is 0.227. The predicted octanol–water partition coefficient (Wildman–Crippen LogP) is 3.00. The van der Waals surface area contributed by atoms with Gasteiger partial charge in [-0.2, -0.15) is 0 Å². The third-order valence-electron chi connectivity index (χ3n) is 4.03. The molecule has 1 aromatic rings. The molecule has 0 spiro atoms. The quantitative estimate of drug-likeness (QED) is 0.889. The lowest BCUT2D eigenvalue weighted by atomic mass is 9.80. The summed E-state index contributed by atoms with van der Waals surface area (Å²) >= 11 is 0. The Hall–Kier alpha value is -1.09. The van der Waals surface area contributed by atoms with Gasteiger partial charge < -0.3 is 10.1 Å². The first-order chi connectivity index (χ1) is 8.69. The van der Waals surface area contributed by atoms with E-state index in [9.17, 15) is 0 Å². The molecular formula is C15H24N2O. The molecule has 100 valence electrons. The Labute approximate surface area is 110 Å². The molecule has 1 aliphatic rings. The van der Waals surface area contributed by atoms with Gasteiger partial charge in [0.2, 0.25) is 5.88 Å². The van der Waals surface area contributed by atoms with Crippen LogP contribution >= 0.6 is 0 Å². The van der Waals surface area contributed by atoms with E-state index in [1.165, 1.54) is 24.8 Å². The standard InChI is InChI=1S/C15H24N2O/c1-11-4-5-12(2)14(8-11)16-9-13-6-7-15(18-3)17-10-13/h6-7,10-12,14,16H,4-5,8-9H2,1-3H3. The van der Waals surface area contributed by atoms with Gasteiger partial charge >= 0.3 is 0 Å². The zero-order chi connectivity index (χ0) is 13.0. The van der Waals surface area contributed by atoms with Crippen LogP contribution in [0.25, 0.3) is 0 Å². The summed E-state index contributed by atoms with van der Waals surface area (Å²) in [5.74, 6) is 2.32. The van der Waals surface area contributed by atoms with Crippen molar-refractivity contribution < 1.29 is 4.74 Å². The molecule has 0 saturated heterocycles. The van der Waals surface area contributed by atoms with E-state index in [4.69, 9.17) is 4.74 Å². The van der Waals surface area contributed by atoms with Crippen LogP contribution in [0.1, 0.15) is 38.7 Å². The zero-order valence-electron chi connectivity index (χ0n) is 11.6. The summed E-state index contributed by atoms with van der Waals surface area (Å²) in [7, 11) is 1.64. The molecule has 3 unspecified atom stereocenters. The third kappa shape index (κ3) is 3.45. The van der Waals surface area contributed by atoms with Crippen LogP contribution in [0, 0.1) is 11.8 Å². The number of ether oxygens (including phenoxy) is 1. The topological polar surface area (TPSA) is 34.1 Å². The fourth-order valence-corrected chi connectivity index (χ4v) is 2.70. The first kappa shape index (κ1) is 13.3. The summed E-state index contributed by atoms with van der Waals surface area (Å²) in [5.41, 5.74) is 1.22. The van der Waals surface area contributed by atoms with Crippen LogP contribution in [0.4, 0.5) is 0 Å². The van der Waals surface area contributed by atoms with E-state index < -0.39 is 0 Å². The van der Waals surface area contributed by atoms with Crippen LogP contribution in [-0.2, 0) is 6.54 Å². The van der Waals surface area contributed by atoms with Crippen molar-refractivity contribution in [2.75, 3.05) is 7.11 Å². The van der Waals surface area contributed by atoms with Gasteiger partial charge in [0.25, 0.3) is 0 Å². The van der Waals surface area contributed by atoms with Crippen LogP contribution in [0.5, 0.6) is 5.88 Å². The number of nitrogens with one attached hydrogen (secondary N) is 1. The van der Waals surface area contributed by atoms with Crippen LogP contribution in [-0.4, -0.2) is 18.1 Å². The number of pyridine rings is 1. The van der Waals surface area contributed by atoms with Crippen molar-refractivity contribution in [2.24, 2.45) is 11.8 Å². The highest BCUT2D eigenvalue weighted by Gasteiger charge is 2.24. The van der Waals surface area contributed by atoms with Gasteiger partial charge in [-0.05, 0) is 30.2 Å². The number of rotatable bonds is 4. The molecule has 1 heterocycles. The molecule has 0 bridgehead atoms. The highest BCUT2D eigenvalue weighted by Crippen LogP contribution is 2.28. The number of hydrogen-bond acceptors (Lipinski definition) is 3. The molecule has 0 amide bonds. The Morgan fingerprint density at radius 1 is 1.33 bits per heavy atom. The highest BCUT2D eigenvalue weighted by atomic mass is 16.5. The van der Waals surface area contributed by atoms with E-state index in [1.807, 2.05) is 12.3 Å². The molecule has 0 radical (unpaired) electrons. The monoisotopic (exact) mass is 248 g/mol. The first-order valence-corrected chi connectivity index (χ1v) is 6.91. The third-order valence-corrected chi connectivity index (χ3v) is 4.03. The summed E-state index contributed by atoms with van der Waals surface area (Å²) in [5, 5.41) is 3.67. The molecule has 1 fully saturated rings. The molecule has 1 N–H and O–H groups in total. The molecule has 3 heteroatoms. The van der Waals surface area contributed by atoms with E-state index in [1.54, 1.807) is 7.11 Å². The smallest absolute Gasteiger partial charge is 0.212 e. The molecule has 1 saturated carbocycles. The van der Waals surface area contributed by atoms with E-state index >= 15 is 0 Å². The average Bonchev–Trinajstić information content (AvgIpc) is 2.40. The fourth-order valence-electron chi connectivity index (χ4n) is 2.70. The molecule has 3 atom stereocenters. The van der Waals surface area contributed by atoms with Crippen molar-refractivity contribution in [3.8, 4) is 5.88 Å². The molecule has 3 nitrogen and oxygen atoms in total. The van der Waals surface area contributed by atoms with Crippen molar-refractivity contribution in [1.82, 2.24) is 10.3 Å². The Morgan fingerprint density at radius 2 is 2.17 bits per heavy atom. The summed E-state index contributed by atoms with van der Waals surface area (Å²) < 4.78 is 5.06. The second-order valence-electron chi connectivity index (χ2n) is 5.59. The lowest BCUT2D eigenvalue weighted by Gasteiger charge is -2.33. The SMILES string of the molecule is COc1ccc(CNC2CC(C)CCC2C)cn1. The Kier molecular flexibility index (Phi) is 4.59. The van der Waals surface area contributed by atoms with Gasteiger partial charge in [-0.1, -0.05) is 26.3 Å². The first-order valence-electron chi connectivity index (χ1n) is 6.91. The second-order valence-corrected chi connectivity index (χ2v) is 5.59. The van der Waals surface area contributed by atoms with Gasteiger partial charge in [0.15, 0.2) is 0 Å². The molecule has 2 rings (SSSR count). The number of hydrogen-bond donors (Lipinski definition) is 1. The van der Waals surface area contributed by atoms with Crippen molar-refractivity contribution in [2.45, 2.75) is 45.7 Å². The molecule has 0 aliphatic heterocycles. The van der Waals surface area contributed by atoms with Gasteiger partial charge in [0.05, 0.1) is 7.11 Å². The van der Waals surface area contributed by atoms with Crippen molar-refractivity contribution in [1.29, 1.82) is 0 Å². The second kappa shape index (κ2) is 6.19. The Morgan fingerprint density at radius 3 is 2.83 bits per heavy atom. The maximum absolute atomic E-state index is 5.06. The molecule has 1 aromatic heterocycles. The summed E-state index contributed by atoms with van der Waals surface area (Å²) in [6.45, 7) is 5.62. The molecule has 18 heavy (non-hydrogen) atoms. The maximum Gasteiger partial charge on any atom is 0.212 e. The average molecular weight is 248 g/mol. The number of nitrogens with zero attached hydrogens (tertiary/aromatic N) is 1. The molecule has 0 aromatic carbocycles. The Balaban J connectivity index is 1.86. The van der Waals surface area contributed by atoms with Gasteiger partial charge in [-0.3, -0.25) is 0 Å². The highest BCUT2D eigenvalue weighted by molar-refractivity contribution is 5.17. The Bertz CT molecular complexity index is 363. The van der Waals surface area contributed by atoms with Crippen LogP contribution in [0.3, 0.4) is 0 Å². The van der Waals surface area contributed by atoms with Crippen LogP contribution in [0.15, 0.2) is 18.3 Å². The molecule has 1 aliphatic carbocycles. The zero-order valence-corrected chi connectivity index (χ0v) is 11.6. The summed E-state index contributed by atoms with van der Waals surface area (Å²) in [4.78, 5) is 4.23. The summed E-state index contributed by atoms with van der Waals surface area (Å²) in [6, 6.07) is 4.65. The minimum Gasteiger partial charge on any atom is -0.481 e. The largest absolute Gasteiger partial charge is 0.481 e.